The minimum Gasteiger partial charge on any atom is -0.362 e. The molecule has 5 fully saturated rings. The lowest BCUT2D eigenvalue weighted by Gasteiger charge is -2.57. The number of carbonyl (C=O) groups excluding carboxylic acids is 2. The third-order valence-electron chi connectivity index (χ3n) is 7.71. The fraction of sp³-hybridized carbons (Fsp3) is 0.652. The Morgan fingerprint density at radius 3 is 2.63 bits per heavy atom. The maximum Gasteiger partial charge on any atom is 0.241 e. The summed E-state index contributed by atoms with van der Waals surface area (Å²) >= 11 is 0. The Morgan fingerprint density at radius 1 is 1.17 bits per heavy atom. The number of piperazine rings is 1. The molecule has 1 aromatic rings. The standard InChI is InChI=1S/C23H31FN4O2/c1-13-6-7-20(24)19-10-21(26-22(13)19)23(30)25-15-4-3-5-16(8-15)28-17-9-18(28)12-27(11-17)14(2)29/h3-5,8,13,17-22,26H,6-7,9-12H2,1-2H3,(H,25,30). The summed E-state index contributed by atoms with van der Waals surface area (Å²) in [6.45, 7) is 5.31. The number of rotatable bonds is 3. The van der Waals surface area contributed by atoms with Crippen molar-refractivity contribution in [2.75, 3.05) is 23.3 Å². The number of amides is 2. The summed E-state index contributed by atoms with van der Waals surface area (Å²) in [6.07, 6.45) is 2.36. The van der Waals surface area contributed by atoms with Crippen molar-refractivity contribution >= 4 is 23.2 Å². The Balaban J connectivity index is 1.24. The molecule has 2 bridgehead atoms. The minimum absolute atomic E-state index is 0.0551. The van der Waals surface area contributed by atoms with Gasteiger partial charge in [0.1, 0.15) is 6.17 Å². The maximum atomic E-state index is 14.4. The van der Waals surface area contributed by atoms with Crippen LogP contribution in [-0.4, -0.2) is 60.1 Å². The second-order valence-electron chi connectivity index (χ2n) is 9.63. The first-order valence-electron chi connectivity index (χ1n) is 11.3. The predicted octanol–water partition coefficient (Wildman–Crippen LogP) is 2.55. The number of anilines is 2. The average Bonchev–Trinajstić information content (AvgIpc) is 3.18. The Hall–Kier alpha value is -2.15. The Labute approximate surface area is 177 Å². The zero-order chi connectivity index (χ0) is 21.0. The monoisotopic (exact) mass is 414 g/mol. The van der Waals surface area contributed by atoms with E-state index < -0.39 is 6.17 Å². The highest BCUT2D eigenvalue weighted by Gasteiger charge is 2.47. The van der Waals surface area contributed by atoms with Crippen LogP contribution in [0.3, 0.4) is 0 Å². The number of carbonyl (C=O) groups is 2. The average molecular weight is 415 g/mol. The van der Waals surface area contributed by atoms with E-state index in [1.54, 1.807) is 6.92 Å². The van der Waals surface area contributed by atoms with Gasteiger partial charge in [0, 0.05) is 55.4 Å². The van der Waals surface area contributed by atoms with Crippen LogP contribution in [0, 0.1) is 11.8 Å². The number of nitrogens with zero attached hydrogens (tertiary/aromatic N) is 2. The lowest BCUT2D eigenvalue weighted by molar-refractivity contribution is -0.131. The van der Waals surface area contributed by atoms with Gasteiger partial charge < -0.3 is 20.4 Å². The normalized spacial score (nSPS) is 37.4. The maximum absolute atomic E-state index is 14.4. The zero-order valence-corrected chi connectivity index (χ0v) is 17.7. The van der Waals surface area contributed by atoms with Crippen molar-refractivity contribution in [2.24, 2.45) is 11.8 Å². The minimum atomic E-state index is -0.805. The molecule has 1 aliphatic carbocycles. The van der Waals surface area contributed by atoms with Crippen molar-refractivity contribution in [3.63, 3.8) is 0 Å². The highest BCUT2D eigenvalue weighted by Crippen LogP contribution is 2.40. The summed E-state index contributed by atoms with van der Waals surface area (Å²) in [5.74, 6) is 0.413. The number of alkyl halides is 1. The predicted molar refractivity (Wildman–Crippen MR) is 114 cm³/mol. The molecule has 4 aliphatic heterocycles. The third kappa shape index (κ3) is 3.37. The molecule has 2 amide bonds. The van der Waals surface area contributed by atoms with Gasteiger partial charge in [0.25, 0.3) is 0 Å². The summed E-state index contributed by atoms with van der Waals surface area (Å²) in [6, 6.07) is 8.40. The lowest BCUT2D eigenvalue weighted by Crippen LogP contribution is -2.69. The van der Waals surface area contributed by atoms with E-state index in [-0.39, 0.29) is 29.8 Å². The van der Waals surface area contributed by atoms with Gasteiger partial charge >= 0.3 is 0 Å². The fourth-order valence-corrected chi connectivity index (χ4v) is 6.06. The fourth-order valence-electron chi connectivity index (χ4n) is 6.06. The molecular formula is C23H31FN4O2. The summed E-state index contributed by atoms with van der Waals surface area (Å²) < 4.78 is 14.4. The molecule has 6 nitrogen and oxygen atoms in total. The second kappa shape index (κ2) is 7.52. The van der Waals surface area contributed by atoms with Crippen molar-refractivity contribution in [3.8, 4) is 0 Å². The highest BCUT2D eigenvalue weighted by molar-refractivity contribution is 5.95. The molecule has 1 aromatic carbocycles. The van der Waals surface area contributed by atoms with E-state index >= 15 is 0 Å². The van der Waals surface area contributed by atoms with Gasteiger partial charge in [-0.05, 0) is 49.8 Å². The van der Waals surface area contributed by atoms with Gasteiger partial charge in [-0.2, -0.15) is 0 Å². The number of fused-ring (bicyclic) bond motifs is 3. The summed E-state index contributed by atoms with van der Waals surface area (Å²) in [5.41, 5.74) is 1.86. The SMILES string of the molecule is CC(=O)N1CC2CC(C1)N2c1cccc(NC(=O)C2CC3C(F)CCC(C)C3N2)c1. The number of hydrogen-bond donors (Lipinski definition) is 2. The first-order chi connectivity index (χ1) is 14.4. The molecular weight excluding hydrogens is 383 g/mol. The number of piperidine rings is 1. The van der Waals surface area contributed by atoms with Crippen LogP contribution in [0.1, 0.15) is 39.5 Å². The molecule has 1 saturated carbocycles. The van der Waals surface area contributed by atoms with E-state index in [2.05, 4.69) is 28.5 Å². The molecule has 0 radical (unpaired) electrons. The van der Waals surface area contributed by atoms with Gasteiger partial charge in [-0.25, -0.2) is 4.39 Å². The number of nitrogens with one attached hydrogen (secondary N) is 2. The van der Waals surface area contributed by atoms with Crippen LogP contribution < -0.4 is 15.5 Å². The highest BCUT2D eigenvalue weighted by atomic mass is 19.1. The van der Waals surface area contributed by atoms with Gasteiger partial charge in [0.2, 0.25) is 11.8 Å². The van der Waals surface area contributed by atoms with Crippen LogP contribution in [0.2, 0.25) is 0 Å². The van der Waals surface area contributed by atoms with E-state index in [4.69, 9.17) is 0 Å². The molecule has 2 N–H and O–H groups in total. The smallest absolute Gasteiger partial charge is 0.241 e. The zero-order valence-electron chi connectivity index (χ0n) is 17.7. The van der Waals surface area contributed by atoms with E-state index in [0.717, 1.165) is 37.3 Å². The largest absolute Gasteiger partial charge is 0.362 e. The molecule has 7 unspecified atom stereocenters. The quantitative estimate of drug-likeness (QED) is 0.798. The molecule has 5 aliphatic rings. The summed E-state index contributed by atoms with van der Waals surface area (Å²) in [7, 11) is 0. The van der Waals surface area contributed by atoms with Crippen molar-refractivity contribution in [2.45, 2.75) is 69.9 Å². The van der Waals surface area contributed by atoms with Crippen molar-refractivity contribution in [3.05, 3.63) is 24.3 Å². The Kier molecular flexibility index (Phi) is 4.96. The van der Waals surface area contributed by atoms with Crippen LogP contribution in [0.5, 0.6) is 0 Å². The van der Waals surface area contributed by atoms with E-state index in [0.29, 0.717) is 30.8 Å². The van der Waals surface area contributed by atoms with Gasteiger partial charge in [0.05, 0.1) is 6.04 Å². The molecule has 7 atom stereocenters. The molecule has 162 valence electrons. The molecule has 0 spiro atoms. The van der Waals surface area contributed by atoms with Gasteiger partial charge in [0.15, 0.2) is 0 Å². The van der Waals surface area contributed by atoms with Crippen LogP contribution >= 0.6 is 0 Å². The Morgan fingerprint density at radius 2 is 1.93 bits per heavy atom. The number of benzene rings is 1. The van der Waals surface area contributed by atoms with Gasteiger partial charge in [-0.1, -0.05) is 13.0 Å². The van der Waals surface area contributed by atoms with Crippen LogP contribution in [0.25, 0.3) is 0 Å². The van der Waals surface area contributed by atoms with Crippen molar-refractivity contribution in [1.82, 2.24) is 10.2 Å². The lowest BCUT2D eigenvalue weighted by atomic mass is 9.77. The van der Waals surface area contributed by atoms with Gasteiger partial charge in [-0.3, -0.25) is 9.59 Å². The first-order valence-corrected chi connectivity index (χ1v) is 11.3. The molecule has 0 aromatic heterocycles. The molecule has 4 saturated heterocycles. The van der Waals surface area contributed by atoms with Crippen LogP contribution in [0.4, 0.5) is 15.8 Å². The molecule has 6 rings (SSSR count). The first kappa shape index (κ1) is 19.8. The molecule has 4 heterocycles. The van der Waals surface area contributed by atoms with E-state index in [1.165, 1.54) is 0 Å². The Bertz CT molecular complexity index is 818. The topological polar surface area (TPSA) is 64.7 Å². The van der Waals surface area contributed by atoms with E-state index in [1.807, 2.05) is 23.1 Å². The second-order valence-corrected chi connectivity index (χ2v) is 9.63. The number of halogens is 1. The van der Waals surface area contributed by atoms with Crippen molar-refractivity contribution < 1.29 is 14.0 Å². The van der Waals surface area contributed by atoms with Crippen LogP contribution in [-0.2, 0) is 9.59 Å². The molecule has 7 heteroatoms. The van der Waals surface area contributed by atoms with E-state index in [9.17, 15) is 14.0 Å². The summed E-state index contributed by atoms with van der Waals surface area (Å²) in [4.78, 5) is 28.9. The third-order valence-corrected chi connectivity index (χ3v) is 7.71. The van der Waals surface area contributed by atoms with Crippen LogP contribution in [0.15, 0.2) is 24.3 Å². The van der Waals surface area contributed by atoms with Gasteiger partial charge in [-0.15, -0.1) is 0 Å². The number of hydrogen-bond acceptors (Lipinski definition) is 4. The molecule has 30 heavy (non-hydrogen) atoms. The van der Waals surface area contributed by atoms with Crippen molar-refractivity contribution in [1.29, 1.82) is 0 Å². The summed E-state index contributed by atoms with van der Waals surface area (Å²) in [5, 5.41) is 6.45.